The van der Waals surface area contributed by atoms with Crippen LogP contribution in [0, 0.1) is 16.0 Å². The summed E-state index contributed by atoms with van der Waals surface area (Å²) < 4.78 is 10.1. The molecule has 1 aliphatic rings. The van der Waals surface area contributed by atoms with Crippen molar-refractivity contribution in [2.75, 3.05) is 30.5 Å². The van der Waals surface area contributed by atoms with Gasteiger partial charge in [0.1, 0.15) is 5.75 Å². The number of methoxy groups -OCH3 is 1. The predicted molar refractivity (Wildman–Crippen MR) is 106 cm³/mol. The second-order valence-corrected chi connectivity index (χ2v) is 6.56. The van der Waals surface area contributed by atoms with Crippen molar-refractivity contribution in [2.24, 2.45) is 5.92 Å². The van der Waals surface area contributed by atoms with Crippen LogP contribution in [0.2, 0.25) is 0 Å². The summed E-state index contributed by atoms with van der Waals surface area (Å²) in [7, 11) is 1.53. The number of anilines is 2. The molecule has 3 rings (SSSR count). The zero-order valence-corrected chi connectivity index (χ0v) is 16.1. The van der Waals surface area contributed by atoms with E-state index in [2.05, 4.69) is 5.32 Å². The number of nitro groups is 1. The summed E-state index contributed by atoms with van der Waals surface area (Å²) >= 11 is 0. The van der Waals surface area contributed by atoms with Crippen LogP contribution in [-0.4, -0.2) is 43.0 Å². The lowest BCUT2D eigenvalue weighted by atomic mass is 10.1. The van der Waals surface area contributed by atoms with Gasteiger partial charge >= 0.3 is 5.97 Å². The van der Waals surface area contributed by atoms with Gasteiger partial charge in [-0.25, -0.2) is 0 Å². The Morgan fingerprint density at radius 1 is 1.17 bits per heavy atom. The van der Waals surface area contributed by atoms with Gasteiger partial charge in [0.25, 0.3) is 11.6 Å². The Labute approximate surface area is 171 Å². The van der Waals surface area contributed by atoms with Gasteiger partial charge in [0.05, 0.1) is 18.0 Å². The number of hydrogen-bond acceptors (Lipinski definition) is 7. The third kappa shape index (κ3) is 4.90. The Morgan fingerprint density at radius 2 is 1.83 bits per heavy atom. The maximum atomic E-state index is 12.3. The molecule has 0 spiro atoms. The molecule has 1 fully saturated rings. The molecule has 0 aromatic heterocycles. The quantitative estimate of drug-likeness (QED) is 0.418. The van der Waals surface area contributed by atoms with Gasteiger partial charge in [0, 0.05) is 36.5 Å². The Kier molecular flexibility index (Phi) is 6.26. The highest BCUT2D eigenvalue weighted by atomic mass is 16.6. The third-order valence-electron chi connectivity index (χ3n) is 4.55. The van der Waals surface area contributed by atoms with Crippen molar-refractivity contribution in [1.29, 1.82) is 0 Å². The molecule has 30 heavy (non-hydrogen) atoms. The molecule has 2 aromatic rings. The average molecular weight is 413 g/mol. The first-order chi connectivity index (χ1) is 14.4. The highest BCUT2D eigenvalue weighted by molar-refractivity contribution is 6.00. The van der Waals surface area contributed by atoms with Crippen LogP contribution in [-0.2, 0) is 19.1 Å². The molecule has 0 unspecified atom stereocenters. The number of hydrogen-bond donors (Lipinski definition) is 1. The minimum Gasteiger partial charge on any atom is -0.497 e. The van der Waals surface area contributed by atoms with Gasteiger partial charge in [-0.2, -0.15) is 0 Å². The molecule has 0 radical (unpaired) electrons. The maximum Gasteiger partial charge on any atom is 0.311 e. The lowest BCUT2D eigenvalue weighted by Gasteiger charge is -2.16. The van der Waals surface area contributed by atoms with Gasteiger partial charge < -0.3 is 19.7 Å². The summed E-state index contributed by atoms with van der Waals surface area (Å²) in [5.41, 5.74) is 0.889. The fraction of sp³-hybridized carbons (Fsp3) is 0.250. The van der Waals surface area contributed by atoms with Gasteiger partial charge in [-0.15, -0.1) is 0 Å². The highest BCUT2D eigenvalue weighted by Crippen LogP contribution is 2.27. The number of carbonyl (C=O) groups excluding carboxylic acids is 3. The zero-order chi connectivity index (χ0) is 21.7. The molecule has 1 saturated heterocycles. The van der Waals surface area contributed by atoms with E-state index in [1.165, 1.54) is 36.3 Å². The lowest BCUT2D eigenvalue weighted by molar-refractivity contribution is -0.384. The molecule has 0 aliphatic carbocycles. The van der Waals surface area contributed by atoms with Gasteiger partial charge in [0.15, 0.2) is 6.61 Å². The van der Waals surface area contributed by atoms with E-state index in [1.54, 1.807) is 24.3 Å². The molecule has 10 nitrogen and oxygen atoms in total. The molecule has 0 bridgehead atoms. The van der Waals surface area contributed by atoms with Crippen molar-refractivity contribution in [2.45, 2.75) is 6.42 Å². The Bertz CT molecular complexity index is 957. The van der Waals surface area contributed by atoms with E-state index in [9.17, 15) is 24.5 Å². The predicted octanol–water partition coefficient (Wildman–Crippen LogP) is 2.14. The maximum absolute atomic E-state index is 12.3. The van der Waals surface area contributed by atoms with Gasteiger partial charge in [-0.3, -0.25) is 24.5 Å². The van der Waals surface area contributed by atoms with Crippen LogP contribution in [0.3, 0.4) is 0 Å². The number of nitro benzene ring substituents is 1. The van der Waals surface area contributed by atoms with E-state index in [0.717, 1.165) is 0 Å². The fourth-order valence-corrected chi connectivity index (χ4v) is 3.00. The van der Waals surface area contributed by atoms with E-state index in [1.807, 2.05) is 0 Å². The number of non-ortho nitro benzene ring substituents is 1. The second-order valence-electron chi connectivity index (χ2n) is 6.56. The molecule has 1 aliphatic heterocycles. The summed E-state index contributed by atoms with van der Waals surface area (Å²) in [6, 6.07) is 12.1. The Morgan fingerprint density at radius 3 is 2.43 bits per heavy atom. The monoisotopic (exact) mass is 413 g/mol. The van der Waals surface area contributed by atoms with Crippen LogP contribution < -0.4 is 15.0 Å². The van der Waals surface area contributed by atoms with E-state index in [0.29, 0.717) is 17.1 Å². The molecule has 1 atom stereocenters. The van der Waals surface area contributed by atoms with E-state index >= 15 is 0 Å². The molecule has 1 N–H and O–H groups in total. The largest absolute Gasteiger partial charge is 0.497 e. The first-order valence-corrected chi connectivity index (χ1v) is 9.02. The normalized spacial score (nSPS) is 15.6. The van der Waals surface area contributed by atoms with Gasteiger partial charge in [-0.05, 0) is 36.4 Å². The summed E-state index contributed by atoms with van der Waals surface area (Å²) in [5.74, 6) is -1.54. The van der Waals surface area contributed by atoms with Crippen molar-refractivity contribution in [3.8, 4) is 5.75 Å². The standard InChI is InChI=1S/C20H19N3O7/c1-29-17-8-2-14(3-9-17)21-18(24)12-30-20(26)13-10-19(25)22(11-13)15-4-6-16(7-5-15)23(27)28/h2-9,13H,10-12H2,1H3,(H,21,24)/t13-/m1/s1. The summed E-state index contributed by atoms with van der Waals surface area (Å²) in [6.45, 7) is -0.400. The molecule has 2 aromatic carbocycles. The minimum atomic E-state index is -0.721. The molecule has 0 saturated carbocycles. The number of ether oxygens (including phenoxy) is 2. The van der Waals surface area contributed by atoms with Gasteiger partial charge in [-0.1, -0.05) is 0 Å². The molecule has 1 heterocycles. The number of amides is 2. The molecule has 156 valence electrons. The van der Waals surface area contributed by atoms with Crippen molar-refractivity contribution in [3.05, 3.63) is 58.6 Å². The molecular formula is C20H19N3O7. The number of nitrogens with zero attached hydrogens (tertiary/aromatic N) is 2. The minimum absolute atomic E-state index is 0.0596. The van der Waals surface area contributed by atoms with Crippen LogP contribution >= 0.6 is 0 Å². The number of rotatable bonds is 7. The average Bonchev–Trinajstić information content (AvgIpc) is 3.14. The van der Waals surface area contributed by atoms with Crippen molar-refractivity contribution < 1.29 is 28.8 Å². The van der Waals surface area contributed by atoms with Crippen molar-refractivity contribution in [1.82, 2.24) is 0 Å². The molecular weight excluding hydrogens is 394 g/mol. The summed E-state index contributed by atoms with van der Waals surface area (Å²) in [4.78, 5) is 48.0. The summed E-state index contributed by atoms with van der Waals surface area (Å²) in [6.07, 6.45) is -0.0596. The Balaban J connectivity index is 1.51. The van der Waals surface area contributed by atoms with E-state index in [-0.39, 0.29) is 24.6 Å². The smallest absolute Gasteiger partial charge is 0.311 e. The third-order valence-corrected chi connectivity index (χ3v) is 4.55. The molecule has 2 amide bonds. The number of benzene rings is 2. The molecule has 10 heteroatoms. The second kappa shape index (κ2) is 9.03. The van der Waals surface area contributed by atoms with Crippen LogP contribution in [0.25, 0.3) is 0 Å². The highest BCUT2D eigenvalue weighted by Gasteiger charge is 2.36. The number of esters is 1. The van der Waals surface area contributed by atoms with Crippen LogP contribution in [0.15, 0.2) is 48.5 Å². The number of nitrogens with one attached hydrogen (secondary N) is 1. The number of carbonyl (C=O) groups is 3. The zero-order valence-electron chi connectivity index (χ0n) is 16.1. The van der Waals surface area contributed by atoms with E-state index < -0.39 is 29.3 Å². The van der Waals surface area contributed by atoms with Crippen LogP contribution in [0.1, 0.15) is 6.42 Å². The first kappa shape index (κ1) is 20.8. The van der Waals surface area contributed by atoms with Crippen molar-refractivity contribution >= 4 is 34.8 Å². The van der Waals surface area contributed by atoms with Crippen molar-refractivity contribution in [3.63, 3.8) is 0 Å². The van der Waals surface area contributed by atoms with E-state index in [4.69, 9.17) is 9.47 Å². The van der Waals surface area contributed by atoms with Crippen LogP contribution in [0.4, 0.5) is 17.1 Å². The lowest BCUT2D eigenvalue weighted by Crippen LogP contribution is -2.28. The first-order valence-electron chi connectivity index (χ1n) is 9.02. The SMILES string of the molecule is COc1ccc(NC(=O)COC(=O)[C@@H]2CC(=O)N(c3ccc([N+](=O)[O-])cc3)C2)cc1. The Hall–Kier alpha value is -3.95. The van der Waals surface area contributed by atoms with Crippen LogP contribution in [0.5, 0.6) is 5.75 Å². The van der Waals surface area contributed by atoms with Gasteiger partial charge in [0.2, 0.25) is 5.91 Å². The topological polar surface area (TPSA) is 128 Å². The fourth-order valence-electron chi connectivity index (χ4n) is 3.00. The summed E-state index contributed by atoms with van der Waals surface area (Å²) in [5, 5.41) is 13.3.